The molecule has 5 nitrogen and oxygen atoms in total. The average molecular weight is 287 g/mol. The molecular weight excluding hydrogens is 266 g/mol. The van der Waals surface area contributed by atoms with Gasteiger partial charge in [0, 0.05) is 26.1 Å². The van der Waals surface area contributed by atoms with Gasteiger partial charge in [-0.1, -0.05) is 18.6 Å². The molecule has 2 rings (SSSR count). The van der Waals surface area contributed by atoms with E-state index in [0.717, 1.165) is 24.8 Å². The van der Waals surface area contributed by atoms with Crippen molar-refractivity contribution in [3.63, 3.8) is 0 Å². The summed E-state index contributed by atoms with van der Waals surface area (Å²) in [7, 11) is 1.74. The molecule has 2 amide bonds. The van der Waals surface area contributed by atoms with Gasteiger partial charge in [0.25, 0.3) is 0 Å². The normalized spacial score (nSPS) is 20.8. The van der Waals surface area contributed by atoms with Crippen LogP contribution in [-0.4, -0.2) is 35.7 Å². The fourth-order valence-electron chi connectivity index (χ4n) is 2.73. The molecule has 5 heteroatoms. The highest BCUT2D eigenvalue weighted by Gasteiger charge is 2.27. The van der Waals surface area contributed by atoms with Crippen molar-refractivity contribution in [3.05, 3.63) is 35.4 Å². The van der Waals surface area contributed by atoms with Crippen molar-refractivity contribution >= 4 is 6.03 Å². The van der Waals surface area contributed by atoms with Crippen LogP contribution in [0.1, 0.15) is 30.4 Å². The van der Waals surface area contributed by atoms with E-state index in [4.69, 9.17) is 5.26 Å². The summed E-state index contributed by atoms with van der Waals surface area (Å²) in [5, 5.41) is 21.5. The summed E-state index contributed by atoms with van der Waals surface area (Å²) in [6.07, 6.45) is 2.55. The number of hydrogen-bond donors (Lipinski definition) is 2. The van der Waals surface area contributed by atoms with Gasteiger partial charge in [0.1, 0.15) is 0 Å². The van der Waals surface area contributed by atoms with E-state index in [9.17, 15) is 9.90 Å². The minimum absolute atomic E-state index is 0.156. The van der Waals surface area contributed by atoms with Crippen LogP contribution in [0.5, 0.6) is 0 Å². The highest BCUT2D eigenvalue weighted by atomic mass is 16.3. The molecule has 0 saturated heterocycles. The number of nitrogens with one attached hydrogen (secondary N) is 1. The van der Waals surface area contributed by atoms with E-state index in [1.54, 1.807) is 30.1 Å². The van der Waals surface area contributed by atoms with E-state index in [2.05, 4.69) is 11.4 Å². The highest BCUT2D eigenvalue weighted by Crippen LogP contribution is 2.25. The number of carbonyl (C=O) groups is 1. The van der Waals surface area contributed by atoms with Crippen LogP contribution in [0.3, 0.4) is 0 Å². The Bertz CT molecular complexity index is 539. The Morgan fingerprint density at radius 3 is 3.00 bits per heavy atom. The number of urea groups is 1. The quantitative estimate of drug-likeness (QED) is 0.887. The van der Waals surface area contributed by atoms with E-state index in [1.807, 2.05) is 6.07 Å². The lowest BCUT2D eigenvalue weighted by atomic mass is 10.1. The van der Waals surface area contributed by atoms with Crippen molar-refractivity contribution in [1.29, 1.82) is 5.26 Å². The fraction of sp³-hybridized carbons (Fsp3) is 0.500. The molecule has 0 aromatic heterocycles. The third-order valence-electron chi connectivity index (χ3n) is 3.97. The Balaban J connectivity index is 1.82. The first kappa shape index (κ1) is 15.3. The Morgan fingerprint density at radius 1 is 1.52 bits per heavy atom. The van der Waals surface area contributed by atoms with Crippen LogP contribution >= 0.6 is 0 Å². The van der Waals surface area contributed by atoms with Crippen LogP contribution in [0.25, 0.3) is 0 Å². The molecule has 112 valence electrons. The minimum Gasteiger partial charge on any atom is -0.393 e. The Hall–Kier alpha value is -2.06. The predicted octanol–water partition coefficient (Wildman–Crippen LogP) is 1.86. The number of aliphatic hydroxyl groups excluding tert-OH is 1. The molecule has 0 radical (unpaired) electrons. The van der Waals surface area contributed by atoms with Crippen molar-refractivity contribution in [2.45, 2.75) is 31.9 Å². The lowest BCUT2D eigenvalue weighted by Crippen LogP contribution is -2.40. The van der Waals surface area contributed by atoms with Crippen molar-refractivity contribution in [1.82, 2.24) is 10.2 Å². The molecule has 0 spiro atoms. The molecule has 21 heavy (non-hydrogen) atoms. The molecule has 2 atom stereocenters. The summed E-state index contributed by atoms with van der Waals surface area (Å²) < 4.78 is 0. The van der Waals surface area contributed by atoms with E-state index >= 15 is 0 Å². The van der Waals surface area contributed by atoms with Gasteiger partial charge in [0.2, 0.25) is 0 Å². The number of rotatable bonds is 4. The molecule has 1 fully saturated rings. The zero-order valence-corrected chi connectivity index (χ0v) is 12.2. The Labute approximate surface area is 125 Å². The van der Waals surface area contributed by atoms with E-state index in [0.29, 0.717) is 18.7 Å². The van der Waals surface area contributed by atoms with E-state index in [-0.39, 0.29) is 18.1 Å². The van der Waals surface area contributed by atoms with Crippen LogP contribution in [0.4, 0.5) is 4.79 Å². The van der Waals surface area contributed by atoms with Gasteiger partial charge in [-0.25, -0.2) is 4.79 Å². The summed E-state index contributed by atoms with van der Waals surface area (Å²) in [5.41, 5.74) is 1.49. The van der Waals surface area contributed by atoms with Crippen molar-refractivity contribution in [2.75, 3.05) is 13.6 Å². The van der Waals surface area contributed by atoms with Crippen LogP contribution < -0.4 is 5.32 Å². The molecular formula is C16H21N3O2. The fourth-order valence-corrected chi connectivity index (χ4v) is 2.73. The second-order valence-corrected chi connectivity index (χ2v) is 5.61. The van der Waals surface area contributed by atoms with E-state index in [1.165, 1.54) is 0 Å². The summed E-state index contributed by atoms with van der Waals surface area (Å²) >= 11 is 0. The second-order valence-electron chi connectivity index (χ2n) is 5.61. The summed E-state index contributed by atoms with van der Waals surface area (Å²) in [6, 6.07) is 9.10. The topological polar surface area (TPSA) is 76.4 Å². The molecule has 2 N–H and O–H groups in total. The van der Waals surface area contributed by atoms with Gasteiger partial charge in [0.05, 0.1) is 17.7 Å². The third kappa shape index (κ3) is 4.20. The van der Waals surface area contributed by atoms with Crippen molar-refractivity contribution in [2.24, 2.45) is 5.92 Å². The number of hydrogen-bond acceptors (Lipinski definition) is 3. The number of amides is 2. The zero-order valence-electron chi connectivity index (χ0n) is 12.2. The van der Waals surface area contributed by atoms with E-state index < -0.39 is 0 Å². The molecule has 1 aliphatic carbocycles. The van der Waals surface area contributed by atoms with Crippen molar-refractivity contribution < 1.29 is 9.90 Å². The molecule has 0 heterocycles. The van der Waals surface area contributed by atoms with Crippen LogP contribution in [0, 0.1) is 17.2 Å². The summed E-state index contributed by atoms with van der Waals surface area (Å²) in [4.78, 5) is 13.7. The number of nitriles is 1. The van der Waals surface area contributed by atoms with Crippen LogP contribution in [0.2, 0.25) is 0 Å². The van der Waals surface area contributed by atoms with Gasteiger partial charge in [0.15, 0.2) is 0 Å². The SMILES string of the molecule is CN(CC1CCCC1O)C(=O)NCc1cccc(C#N)c1. The van der Waals surface area contributed by atoms with Crippen molar-refractivity contribution in [3.8, 4) is 6.07 Å². The first-order valence-corrected chi connectivity index (χ1v) is 7.26. The van der Waals surface area contributed by atoms with Gasteiger partial charge in [-0.2, -0.15) is 5.26 Å². The molecule has 1 aromatic rings. The van der Waals surface area contributed by atoms with Gasteiger partial charge in [-0.15, -0.1) is 0 Å². The average Bonchev–Trinajstić information content (AvgIpc) is 2.90. The largest absolute Gasteiger partial charge is 0.393 e. The maximum Gasteiger partial charge on any atom is 0.317 e. The monoisotopic (exact) mass is 287 g/mol. The highest BCUT2D eigenvalue weighted by molar-refractivity contribution is 5.73. The standard InChI is InChI=1S/C16H21N3O2/c1-19(11-14-6-3-7-15(14)20)16(21)18-10-13-5-2-4-12(8-13)9-17/h2,4-5,8,14-15,20H,3,6-7,10-11H2,1H3,(H,18,21). The summed E-state index contributed by atoms with van der Waals surface area (Å²) in [5.74, 6) is 0.183. The number of carbonyl (C=O) groups excluding carboxylic acids is 1. The summed E-state index contributed by atoms with van der Waals surface area (Å²) in [6.45, 7) is 0.969. The zero-order chi connectivity index (χ0) is 15.2. The number of aliphatic hydroxyl groups is 1. The molecule has 0 aliphatic heterocycles. The van der Waals surface area contributed by atoms with Gasteiger partial charge >= 0.3 is 6.03 Å². The molecule has 1 aliphatic rings. The minimum atomic E-state index is -0.285. The first-order chi connectivity index (χ1) is 10.1. The lowest BCUT2D eigenvalue weighted by molar-refractivity contribution is 0.114. The Kier molecular flexibility index (Phi) is 5.18. The van der Waals surface area contributed by atoms with Crippen LogP contribution in [-0.2, 0) is 6.54 Å². The molecule has 1 aromatic carbocycles. The predicted molar refractivity (Wildman–Crippen MR) is 79.4 cm³/mol. The maximum absolute atomic E-state index is 12.0. The third-order valence-corrected chi connectivity index (χ3v) is 3.97. The smallest absolute Gasteiger partial charge is 0.317 e. The second kappa shape index (κ2) is 7.09. The van der Waals surface area contributed by atoms with Gasteiger partial charge < -0.3 is 15.3 Å². The van der Waals surface area contributed by atoms with Gasteiger partial charge in [-0.05, 0) is 30.5 Å². The molecule has 1 saturated carbocycles. The Morgan fingerprint density at radius 2 is 2.33 bits per heavy atom. The lowest BCUT2D eigenvalue weighted by Gasteiger charge is -2.23. The first-order valence-electron chi connectivity index (χ1n) is 7.26. The molecule has 0 bridgehead atoms. The van der Waals surface area contributed by atoms with Gasteiger partial charge in [-0.3, -0.25) is 0 Å². The van der Waals surface area contributed by atoms with Crippen LogP contribution in [0.15, 0.2) is 24.3 Å². The number of nitrogens with zero attached hydrogens (tertiary/aromatic N) is 2. The maximum atomic E-state index is 12.0. The number of benzene rings is 1. The molecule has 2 unspecified atom stereocenters.